The molecule has 3 rings (SSSR count). The second-order valence-electron chi connectivity index (χ2n) is 5.53. The molecular formula is C14H19FN2O4S. The highest BCUT2D eigenvalue weighted by Crippen LogP contribution is 2.29. The molecule has 0 aliphatic carbocycles. The van der Waals surface area contributed by atoms with Crippen molar-refractivity contribution in [3.63, 3.8) is 0 Å². The van der Waals surface area contributed by atoms with Gasteiger partial charge in [-0.1, -0.05) is 0 Å². The number of nitrogen functional groups attached to an aromatic ring is 1. The Balaban J connectivity index is 1.70. The van der Waals surface area contributed by atoms with E-state index in [1.165, 1.54) is 16.4 Å². The summed E-state index contributed by atoms with van der Waals surface area (Å²) in [5.74, 6) is -0.513. The second-order valence-corrected chi connectivity index (χ2v) is 7.47. The molecule has 0 saturated carbocycles. The Morgan fingerprint density at radius 2 is 1.82 bits per heavy atom. The molecule has 22 heavy (non-hydrogen) atoms. The van der Waals surface area contributed by atoms with Gasteiger partial charge in [-0.15, -0.1) is 0 Å². The number of nitrogens with two attached hydrogens (primary N) is 1. The van der Waals surface area contributed by atoms with E-state index < -0.39 is 15.8 Å². The Hall–Kier alpha value is -1.22. The van der Waals surface area contributed by atoms with E-state index >= 15 is 0 Å². The minimum Gasteiger partial charge on any atom is -0.396 e. The van der Waals surface area contributed by atoms with Crippen LogP contribution in [0.4, 0.5) is 10.1 Å². The molecule has 0 spiro atoms. The zero-order valence-electron chi connectivity index (χ0n) is 12.1. The molecule has 0 aromatic heterocycles. The molecule has 6 nitrogen and oxygen atoms in total. The smallest absolute Gasteiger partial charge is 0.243 e. The number of nitrogens with zero attached hydrogens (tertiary/aromatic N) is 1. The summed E-state index contributed by atoms with van der Waals surface area (Å²) < 4.78 is 50.9. The summed E-state index contributed by atoms with van der Waals surface area (Å²) in [5, 5.41) is 0. The summed E-state index contributed by atoms with van der Waals surface area (Å²) >= 11 is 0. The maximum Gasteiger partial charge on any atom is 0.243 e. The van der Waals surface area contributed by atoms with Gasteiger partial charge in [-0.3, -0.25) is 0 Å². The summed E-state index contributed by atoms with van der Waals surface area (Å²) in [4.78, 5) is -0.0639. The quantitative estimate of drug-likeness (QED) is 0.842. The largest absolute Gasteiger partial charge is 0.396 e. The summed E-state index contributed by atoms with van der Waals surface area (Å²) in [6.07, 6.45) is 1.11. The third-order valence-electron chi connectivity index (χ3n) is 4.14. The summed E-state index contributed by atoms with van der Waals surface area (Å²) in [5.41, 5.74) is 5.33. The van der Waals surface area contributed by atoms with Gasteiger partial charge < -0.3 is 15.2 Å². The van der Waals surface area contributed by atoms with Crippen molar-refractivity contribution < 1.29 is 22.3 Å². The van der Waals surface area contributed by atoms with Crippen molar-refractivity contribution >= 4 is 15.7 Å². The molecule has 0 atom stereocenters. The Labute approximate surface area is 129 Å². The molecule has 0 unspecified atom stereocenters. The summed E-state index contributed by atoms with van der Waals surface area (Å²) in [6.45, 7) is 1.94. The standard InChI is InChI=1S/C14H19FN2O4S/c15-12-9-11(1-2-13(12)16)22(18,19)17-5-3-10(4-6-17)14-20-7-8-21-14/h1-2,9-10,14H,3-8,16H2. The van der Waals surface area contributed by atoms with Gasteiger partial charge in [-0.05, 0) is 31.0 Å². The Morgan fingerprint density at radius 1 is 1.18 bits per heavy atom. The van der Waals surface area contributed by atoms with Crippen LogP contribution in [0.25, 0.3) is 0 Å². The minimum atomic E-state index is -3.69. The van der Waals surface area contributed by atoms with Crippen LogP contribution in [0.5, 0.6) is 0 Å². The number of piperidine rings is 1. The molecule has 0 amide bonds. The van der Waals surface area contributed by atoms with Gasteiger partial charge in [0.25, 0.3) is 0 Å². The predicted molar refractivity (Wildman–Crippen MR) is 78.0 cm³/mol. The van der Waals surface area contributed by atoms with Gasteiger partial charge in [0.2, 0.25) is 10.0 Å². The van der Waals surface area contributed by atoms with Crippen LogP contribution >= 0.6 is 0 Å². The minimum absolute atomic E-state index is 0.0619. The molecule has 0 radical (unpaired) electrons. The highest BCUT2D eigenvalue weighted by molar-refractivity contribution is 7.89. The molecule has 122 valence electrons. The van der Waals surface area contributed by atoms with Crippen LogP contribution in [0.2, 0.25) is 0 Å². The lowest BCUT2D eigenvalue weighted by Gasteiger charge is -2.33. The van der Waals surface area contributed by atoms with Crippen molar-refractivity contribution in [3.8, 4) is 0 Å². The second kappa shape index (κ2) is 6.11. The Bertz CT molecular complexity index is 638. The van der Waals surface area contributed by atoms with E-state index in [4.69, 9.17) is 15.2 Å². The maximum absolute atomic E-state index is 13.5. The van der Waals surface area contributed by atoms with Gasteiger partial charge >= 0.3 is 0 Å². The van der Waals surface area contributed by atoms with Crippen LogP contribution in [-0.4, -0.2) is 45.3 Å². The number of anilines is 1. The average Bonchev–Trinajstić information content (AvgIpc) is 3.04. The van der Waals surface area contributed by atoms with Crippen molar-refractivity contribution in [1.29, 1.82) is 0 Å². The lowest BCUT2D eigenvalue weighted by Crippen LogP contribution is -2.41. The molecule has 2 aliphatic heterocycles. The molecule has 2 heterocycles. The third kappa shape index (κ3) is 2.96. The first kappa shape index (κ1) is 15.7. The Kier molecular flexibility index (Phi) is 4.35. The van der Waals surface area contributed by atoms with Crippen molar-refractivity contribution in [3.05, 3.63) is 24.0 Å². The van der Waals surface area contributed by atoms with Gasteiger partial charge in [0.15, 0.2) is 6.29 Å². The van der Waals surface area contributed by atoms with Crippen LogP contribution in [-0.2, 0) is 19.5 Å². The first-order chi connectivity index (χ1) is 10.5. The van der Waals surface area contributed by atoms with Crippen molar-refractivity contribution in [1.82, 2.24) is 4.31 Å². The normalized spacial score (nSPS) is 22.2. The van der Waals surface area contributed by atoms with Crippen LogP contribution < -0.4 is 5.73 Å². The summed E-state index contributed by atoms with van der Waals surface area (Å²) in [6, 6.07) is 3.58. The molecule has 1 aromatic rings. The van der Waals surface area contributed by atoms with Gasteiger partial charge in [0.1, 0.15) is 5.82 Å². The van der Waals surface area contributed by atoms with E-state index in [1.807, 2.05) is 0 Å². The SMILES string of the molecule is Nc1ccc(S(=O)(=O)N2CCC(C3OCCO3)CC2)cc1F. The topological polar surface area (TPSA) is 81.9 Å². The molecule has 2 fully saturated rings. The first-order valence-electron chi connectivity index (χ1n) is 7.27. The lowest BCUT2D eigenvalue weighted by molar-refractivity contribution is -0.0938. The predicted octanol–water partition coefficient (Wildman–Crippen LogP) is 1.18. The molecule has 8 heteroatoms. The Morgan fingerprint density at radius 3 is 2.41 bits per heavy atom. The van der Waals surface area contributed by atoms with Crippen LogP contribution in [0.1, 0.15) is 12.8 Å². The van der Waals surface area contributed by atoms with Gasteiger partial charge in [-0.25, -0.2) is 12.8 Å². The molecular weight excluding hydrogens is 311 g/mol. The zero-order chi connectivity index (χ0) is 15.7. The van der Waals surface area contributed by atoms with Crippen LogP contribution in [0, 0.1) is 11.7 Å². The molecule has 2 aliphatic rings. The fourth-order valence-corrected chi connectivity index (χ4v) is 4.34. The fraction of sp³-hybridized carbons (Fsp3) is 0.571. The highest BCUT2D eigenvalue weighted by atomic mass is 32.2. The maximum atomic E-state index is 13.5. The number of sulfonamides is 1. The first-order valence-corrected chi connectivity index (χ1v) is 8.71. The molecule has 2 N–H and O–H groups in total. The van der Waals surface area contributed by atoms with Crippen molar-refractivity contribution in [2.45, 2.75) is 24.0 Å². The van der Waals surface area contributed by atoms with E-state index in [9.17, 15) is 12.8 Å². The van der Waals surface area contributed by atoms with Gasteiger partial charge in [0, 0.05) is 19.0 Å². The van der Waals surface area contributed by atoms with Crippen molar-refractivity contribution in [2.75, 3.05) is 32.0 Å². The number of ether oxygens (including phenoxy) is 2. The van der Waals surface area contributed by atoms with Crippen molar-refractivity contribution in [2.24, 2.45) is 5.92 Å². The number of rotatable bonds is 3. The highest BCUT2D eigenvalue weighted by Gasteiger charge is 2.35. The fourth-order valence-electron chi connectivity index (χ4n) is 2.85. The van der Waals surface area contributed by atoms with Crippen LogP contribution in [0.15, 0.2) is 23.1 Å². The third-order valence-corrected chi connectivity index (χ3v) is 6.04. The molecule has 1 aromatic carbocycles. The number of benzene rings is 1. The van der Waals surface area contributed by atoms with Gasteiger partial charge in [-0.2, -0.15) is 4.31 Å². The van der Waals surface area contributed by atoms with E-state index in [1.54, 1.807) is 0 Å². The summed E-state index contributed by atoms with van der Waals surface area (Å²) in [7, 11) is -3.69. The lowest BCUT2D eigenvalue weighted by atomic mass is 9.98. The van der Waals surface area contributed by atoms with E-state index in [0.29, 0.717) is 39.1 Å². The van der Waals surface area contributed by atoms with E-state index in [-0.39, 0.29) is 22.8 Å². The van der Waals surface area contributed by atoms with E-state index in [0.717, 1.165) is 6.07 Å². The van der Waals surface area contributed by atoms with Crippen LogP contribution in [0.3, 0.4) is 0 Å². The van der Waals surface area contributed by atoms with E-state index in [2.05, 4.69) is 0 Å². The zero-order valence-corrected chi connectivity index (χ0v) is 12.9. The number of halogens is 1. The van der Waals surface area contributed by atoms with Gasteiger partial charge in [0.05, 0.1) is 23.8 Å². The average molecular weight is 330 g/mol. The number of hydrogen-bond acceptors (Lipinski definition) is 5. The monoisotopic (exact) mass is 330 g/mol. The number of hydrogen-bond donors (Lipinski definition) is 1. The molecule has 2 saturated heterocycles. The molecule has 0 bridgehead atoms.